The normalized spacial score (nSPS) is 25.1. The van der Waals surface area contributed by atoms with Gasteiger partial charge in [0, 0.05) is 0 Å². The first kappa shape index (κ1) is 13.1. The average molecular weight is 263 g/mol. The summed E-state index contributed by atoms with van der Waals surface area (Å²) in [6.07, 6.45) is 3.85. The Morgan fingerprint density at radius 3 is 2.78 bits per heavy atom. The summed E-state index contributed by atoms with van der Waals surface area (Å²) in [5.74, 6) is 0.558. The quantitative estimate of drug-likeness (QED) is 0.842. The monoisotopic (exact) mass is 263 g/mol. The zero-order valence-electron chi connectivity index (χ0n) is 10.5. The number of hydrogen-bond donors (Lipinski definition) is 0. The van der Waals surface area contributed by atoms with E-state index in [-0.39, 0.29) is 11.2 Å². The molecule has 1 aliphatic carbocycles. The Morgan fingerprint density at radius 1 is 1.33 bits per heavy atom. The zero-order valence-corrected chi connectivity index (χ0v) is 11.3. The van der Waals surface area contributed by atoms with E-state index >= 15 is 0 Å². The summed E-state index contributed by atoms with van der Waals surface area (Å²) < 4.78 is 17.9. The molecule has 0 saturated heterocycles. The van der Waals surface area contributed by atoms with E-state index in [0.29, 0.717) is 10.6 Å². The summed E-state index contributed by atoms with van der Waals surface area (Å²) in [7, 11) is 0.423. The molecule has 4 heteroatoms. The van der Waals surface area contributed by atoms with Gasteiger partial charge >= 0.3 is 0 Å². The van der Waals surface area contributed by atoms with Crippen LogP contribution >= 0.6 is 0 Å². The topological polar surface area (TPSA) is 50.1 Å². The van der Waals surface area contributed by atoms with E-state index in [0.717, 1.165) is 25.7 Å². The molecule has 0 amide bonds. The van der Waals surface area contributed by atoms with Crippen molar-refractivity contribution < 1.29 is 8.95 Å². The van der Waals surface area contributed by atoms with E-state index in [1.807, 2.05) is 24.3 Å². The molecule has 18 heavy (non-hydrogen) atoms. The predicted molar refractivity (Wildman–Crippen MR) is 70.8 cm³/mol. The van der Waals surface area contributed by atoms with Crippen LogP contribution in [0.25, 0.3) is 0 Å². The van der Waals surface area contributed by atoms with Gasteiger partial charge in [-0.15, -0.1) is 0 Å². The van der Waals surface area contributed by atoms with Crippen molar-refractivity contribution in [3.05, 3.63) is 24.3 Å². The third-order valence-electron chi connectivity index (χ3n) is 3.43. The fraction of sp³-hybridized carbons (Fsp3) is 0.500. The molecule has 1 aromatic rings. The van der Waals surface area contributed by atoms with Gasteiger partial charge in [0.1, 0.15) is 5.75 Å². The smallest absolute Gasteiger partial charge is 0.134 e. The van der Waals surface area contributed by atoms with E-state index in [1.54, 1.807) is 7.11 Å². The van der Waals surface area contributed by atoms with Crippen LogP contribution in [0.2, 0.25) is 0 Å². The fourth-order valence-corrected chi connectivity index (χ4v) is 4.21. The van der Waals surface area contributed by atoms with Crippen molar-refractivity contribution in [1.29, 1.82) is 5.26 Å². The molecule has 1 fully saturated rings. The number of hydrogen-bond acceptors (Lipinski definition) is 3. The second kappa shape index (κ2) is 6.01. The van der Waals surface area contributed by atoms with E-state index in [2.05, 4.69) is 6.07 Å². The van der Waals surface area contributed by atoms with Crippen molar-refractivity contribution >= 4 is 10.8 Å². The van der Waals surface area contributed by atoms with Crippen molar-refractivity contribution in [2.24, 2.45) is 5.92 Å². The SMILES string of the molecule is COc1ccccc1S(=O)C1CCCCC1C#N. The van der Waals surface area contributed by atoms with Crippen LogP contribution in [0.5, 0.6) is 5.75 Å². The van der Waals surface area contributed by atoms with Crippen molar-refractivity contribution in [2.75, 3.05) is 7.11 Å². The van der Waals surface area contributed by atoms with Crippen LogP contribution in [-0.2, 0) is 10.8 Å². The van der Waals surface area contributed by atoms with Crippen LogP contribution < -0.4 is 4.74 Å². The van der Waals surface area contributed by atoms with Crippen molar-refractivity contribution in [1.82, 2.24) is 0 Å². The highest BCUT2D eigenvalue weighted by Crippen LogP contribution is 2.33. The zero-order chi connectivity index (χ0) is 13.0. The molecule has 3 unspecified atom stereocenters. The molecule has 0 spiro atoms. The Kier molecular flexibility index (Phi) is 4.38. The Balaban J connectivity index is 2.27. The second-order valence-corrected chi connectivity index (χ2v) is 6.15. The van der Waals surface area contributed by atoms with Gasteiger partial charge in [-0.3, -0.25) is 4.21 Å². The summed E-state index contributed by atoms with van der Waals surface area (Å²) in [6, 6.07) is 9.68. The predicted octanol–water partition coefficient (Wildman–Crippen LogP) is 2.89. The Bertz CT molecular complexity index is 481. The minimum absolute atomic E-state index is 0.0555. The van der Waals surface area contributed by atoms with Crippen LogP contribution in [-0.4, -0.2) is 16.6 Å². The van der Waals surface area contributed by atoms with Crippen molar-refractivity contribution in [2.45, 2.75) is 35.8 Å². The molecule has 1 aromatic carbocycles. The first-order chi connectivity index (χ1) is 8.77. The molecule has 0 radical (unpaired) electrons. The molecule has 0 N–H and O–H groups in total. The number of nitrogens with zero attached hydrogens (tertiary/aromatic N) is 1. The Hall–Kier alpha value is -1.34. The highest BCUT2D eigenvalue weighted by atomic mass is 32.2. The van der Waals surface area contributed by atoms with Crippen LogP contribution in [0, 0.1) is 17.2 Å². The van der Waals surface area contributed by atoms with Crippen LogP contribution in [0.1, 0.15) is 25.7 Å². The Morgan fingerprint density at radius 2 is 2.06 bits per heavy atom. The van der Waals surface area contributed by atoms with Crippen molar-refractivity contribution in [3.63, 3.8) is 0 Å². The summed E-state index contributed by atoms with van der Waals surface area (Å²) in [5, 5.41) is 9.11. The van der Waals surface area contributed by atoms with Crippen LogP contribution in [0.4, 0.5) is 0 Å². The fourth-order valence-electron chi connectivity index (χ4n) is 2.45. The number of benzene rings is 1. The van der Waals surface area contributed by atoms with Gasteiger partial charge in [-0.2, -0.15) is 5.26 Å². The first-order valence-corrected chi connectivity index (χ1v) is 7.42. The lowest BCUT2D eigenvalue weighted by molar-refractivity contribution is 0.401. The molecule has 1 aliphatic rings. The Labute approximate surface area is 110 Å². The van der Waals surface area contributed by atoms with E-state index in [1.165, 1.54) is 0 Å². The average Bonchev–Trinajstić information content (AvgIpc) is 2.46. The number of ether oxygens (including phenoxy) is 1. The van der Waals surface area contributed by atoms with Gasteiger partial charge in [-0.05, 0) is 25.0 Å². The van der Waals surface area contributed by atoms with E-state index in [9.17, 15) is 4.21 Å². The highest BCUT2D eigenvalue weighted by molar-refractivity contribution is 7.85. The van der Waals surface area contributed by atoms with Crippen LogP contribution in [0.15, 0.2) is 29.2 Å². The van der Waals surface area contributed by atoms with Gasteiger partial charge < -0.3 is 4.74 Å². The van der Waals surface area contributed by atoms with Gasteiger partial charge in [0.25, 0.3) is 0 Å². The number of nitriles is 1. The molecule has 0 aromatic heterocycles. The van der Waals surface area contributed by atoms with Crippen molar-refractivity contribution in [3.8, 4) is 11.8 Å². The number of rotatable bonds is 3. The molecule has 2 rings (SSSR count). The summed E-state index contributed by atoms with van der Waals surface area (Å²) >= 11 is 0. The minimum atomic E-state index is -1.16. The first-order valence-electron chi connectivity index (χ1n) is 6.21. The maximum absolute atomic E-state index is 12.6. The number of para-hydroxylation sites is 1. The van der Waals surface area contributed by atoms with Gasteiger partial charge in [-0.1, -0.05) is 25.0 Å². The third-order valence-corrected chi connectivity index (χ3v) is 5.31. The lowest BCUT2D eigenvalue weighted by atomic mass is 9.90. The molecule has 1 saturated carbocycles. The molecule has 3 atom stereocenters. The largest absolute Gasteiger partial charge is 0.495 e. The second-order valence-electron chi connectivity index (χ2n) is 4.51. The molecule has 0 bridgehead atoms. The molecule has 96 valence electrons. The van der Waals surface area contributed by atoms with E-state index < -0.39 is 10.8 Å². The van der Waals surface area contributed by atoms with Gasteiger partial charge in [0.05, 0.1) is 40.0 Å². The van der Waals surface area contributed by atoms with Gasteiger partial charge in [0.2, 0.25) is 0 Å². The molecular weight excluding hydrogens is 246 g/mol. The minimum Gasteiger partial charge on any atom is -0.495 e. The molecule has 0 aliphatic heterocycles. The summed E-state index contributed by atoms with van der Waals surface area (Å²) in [5.41, 5.74) is 0. The van der Waals surface area contributed by atoms with Crippen LogP contribution in [0.3, 0.4) is 0 Å². The molecular formula is C14H17NO2S. The molecule has 3 nitrogen and oxygen atoms in total. The lowest BCUT2D eigenvalue weighted by Crippen LogP contribution is -2.28. The summed E-state index contributed by atoms with van der Waals surface area (Å²) in [4.78, 5) is 0.715. The lowest BCUT2D eigenvalue weighted by Gasteiger charge is -2.26. The number of methoxy groups -OCH3 is 1. The maximum atomic E-state index is 12.6. The highest BCUT2D eigenvalue weighted by Gasteiger charge is 2.31. The van der Waals surface area contributed by atoms with E-state index in [4.69, 9.17) is 10.00 Å². The van der Waals surface area contributed by atoms with Gasteiger partial charge in [0.15, 0.2) is 0 Å². The standard InChI is InChI=1S/C14H17NO2S/c1-17-12-7-3-5-9-14(12)18(16)13-8-4-2-6-11(13)10-15/h3,5,7,9,11,13H,2,4,6,8H2,1H3. The maximum Gasteiger partial charge on any atom is 0.134 e. The third kappa shape index (κ3) is 2.56. The molecule has 0 heterocycles. The van der Waals surface area contributed by atoms with Gasteiger partial charge in [-0.25, -0.2) is 0 Å². The summed E-state index contributed by atoms with van der Waals surface area (Å²) in [6.45, 7) is 0.